The highest BCUT2D eigenvalue weighted by Crippen LogP contribution is 2.38. The molecule has 0 saturated carbocycles. The van der Waals surface area contributed by atoms with Gasteiger partial charge in [0.25, 0.3) is 0 Å². The summed E-state index contributed by atoms with van der Waals surface area (Å²) in [6.45, 7) is 0.169. The van der Waals surface area contributed by atoms with E-state index >= 15 is 0 Å². The van der Waals surface area contributed by atoms with Crippen LogP contribution in [0, 0.1) is 11.6 Å². The Morgan fingerprint density at radius 2 is 1.86 bits per heavy atom. The monoisotopic (exact) mass is 374 g/mol. The van der Waals surface area contributed by atoms with E-state index in [1.54, 1.807) is 18.2 Å². The van der Waals surface area contributed by atoms with E-state index in [1.165, 1.54) is 0 Å². The minimum absolute atomic E-state index is 0.0466. The van der Waals surface area contributed by atoms with Gasteiger partial charge in [-0.25, -0.2) is 8.78 Å². The summed E-state index contributed by atoms with van der Waals surface area (Å²) >= 11 is 9.19. The average molecular weight is 376 g/mol. The van der Waals surface area contributed by atoms with E-state index in [0.717, 1.165) is 12.1 Å². The Morgan fingerprint density at radius 3 is 2.62 bits per heavy atom. The number of alkyl halides is 1. The van der Waals surface area contributed by atoms with E-state index in [1.807, 2.05) is 6.07 Å². The van der Waals surface area contributed by atoms with E-state index < -0.39 is 23.1 Å². The summed E-state index contributed by atoms with van der Waals surface area (Å²) < 4.78 is 38.8. The summed E-state index contributed by atoms with van der Waals surface area (Å²) in [6.07, 6.45) is -0.600. The average Bonchev–Trinajstić information content (AvgIpc) is 2.50. The van der Waals surface area contributed by atoms with E-state index in [-0.39, 0.29) is 16.6 Å². The molecule has 2 aromatic carbocycles. The van der Waals surface area contributed by atoms with Crippen LogP contribution in [0.25, 0.3) is 0 Å². The fraction of sp³-hybridized carbons (Fsp3) is 0.200. The molecule has 0 fully saturated rings. The maximum atomic E-state index is 14.0. The van der Waals surface area contributed by atoms with E-state index in [9.17, 15) is 8.78 Å². The van der Waals surface area contributed by atoms with Crippen LogP contribution in [0.5, 0.6) is 11.5 Å². The van der Waals surface area contributed by atoms with Crippen LogP contribution in [0.1, 0.15) is 10.9 Å². The second-order valence-electron chi connectivity index (χ2n) is 4.60. The highest BCUT2D eigenvalue weighted by atomic mass is 79.9. The van der Waals surface area contributed by atoms with Crippen LogP contribution < -0.4 is 9.47 Å². The zero-order chi connectivity index (χ0) is 15.0. The zero-order valence-electron chi connectivity index (χ0n) is 10.7. The minimum Gasteiger partial charge on any atom is -0.486 e. The van der Waals surface area contributed by atoms with Crippen LogP contribution in [-0.2, 0) is 0 Å². The maximum absolute atomic E-state index is 14.0. The lowest BCUT2D eigenvalue weighted by molar-refractivity contribution is 0.0870. The van der Waals surface area contributed by atoms with Crippen molar-refractivity contribution < 1.29 is 18.3 Å². The van der Waals surface area contributed by atoms with Gasteiger partial charge in [0.05, 0.1) is 4.47 Å². The summed E-state index contributed by atoms with van der Waals surface area (Å²) in [6, 6.07) is 9.26. The highest BCUT2D eigenvalue weighted by Gasteiger charge is 2.31. The third-order valence-corrected chi connectivity index (χ3v) is 4.32. The van der Waals surface area contributed by atoms with Crippen molar-refractivity contribution in [1.82, 2.24) is 0 Å². The van der Waals surface area contributed by atoms with Gasteiger partial charge in [0.15, 0.2) is 17.6 Å². The molecular weight excluding hydrogens is 366 g/mol. The molecule has 110 valence electrons. The van der Waals surface area contributed by atoms with Crippen molar-refractivity contribution in [3.05, 3.63) is 58.1 Å². The first kappa shape index (κ1) is 14.6. The van der Waals surface area contributed by atoms with Crippen LogP contribution in [0.2, 0.25) is 0 Å². The molecule has 6 heteroatoms. The molecule has 0 amide bonds. The Hall–Kier alpha value is -1.33. The molecule has 21 heavy (non-hydrogen) atoms. The van der Waals surface area contributed by atoms with Crippen LogP contribution in [-0.4, -0.2) is 12.7 Å². The summed E-state index contributed by atoms with van der Waals surface area (Å²) in [7, 11) is 0. The molecule has 0 bridgehead atoms. The quantitative estimate of drug-likeness (QED) is 0.552. The molecule has 0 spiro atoms. The van der Waals surface area contributed by atoms with Crippen molar-refractivity contribution in [2.45, 2.75) is 11.5 Å². The molecule has 2 unspecified atom stereocenters. The molecule has 2 nitrogen and oxygen atoms in total. The maximum Gasteiger partial charge on any atom is 0.161 e. The molecule has 1 aliphatic rings. The molecule has 1 aliphatic heterocycles. The Morgan fingerprint density at radius 1 is 1.14 bits per heavy atom. The number of ether oxygens (including phenoxy) is 2. The summed E-state index contributed by atoms with van der Waals surface area (Å²) in [5, 5.41) is -0.860. The Balaban J connectivity index is 1.87. The number of hydrogen-bond acceptors (Lipinski definition) is 2. The molecule has 0 saturated heterocycles. The Kier molecular flexibility index (Phi) is 4.04. The second-order valence-corrected chi connectivity index (χ2v) is 5.93. The molecular formula is C15H10BrClF2O2. The number of halogens is 4. The molecule has 2 aromatic rings. The lowest BCUT2D eigenvalue weighted by Gasteiger charge is -2.29. The normalized spacial score (nSPS) is 18.4. The highest BCUT2D eigenvalue weighted by molar-refractivity contribution is 9.10. The van der Waals surface area contributed by atoms with Crippen molar-refractivity contribution in [1.29, 1.82) is 0 Å². The molecule has 0 aromatic heterocycles. The molecule has 0 N–H and O–H groups in total. The third-order valence-electron chi connectivity index (χ3n) is 3.19. The van der Waals surface area contributed by atoms with E-state index in [4.69, 9.17) is 21.1 Å². The van der Waals surface area contributed by atoms with Gasteiger partial charge in [-0.3, -0.25) is 0 Å². The summed E-state index contributed by atoms with van der Waals surface area (Å²) in [5.74, 6) is -0.0163. The lowest BCUT2D eigenvalue weighted by Crippen LogP contribution is -2.33. The number of hydrogen-bond donors (Lipinski definition) is 0. The van der Waals surface area contributed by atoms with Gasteiger partial charge in [0.1, 0.15) is 23.6 Å². The first-order chi connectivity index (χ1) is 10.1. The van der Waals surface area contributed by atoms with Crippen molar-refractivity contribution in [2.24, 2.45) is 0 Å². The molecule has 1 heterocycles. The third kappa shape index (κ3) is 2.85. The first-order valence-electron chi connectivity index (χ1n) is 6.23. The molecule has 0 radical (unpaired) electrons. The van der Waals surface area contributed by atoms with Gasteiger partial charge in [0, 0.05) is 5.56 Å². The van der Waals surface area contributed by atoms with Crippen LogP contribution in [0.3, 0.4) is 0 Å². The van der Waals surface area contributed by atoms with Crippen LogP contribution >= 0.6 is 27.5 Å². The number of para-hydroxylation sites is 2. The fourth-order valence-electron chi connectivity index (χ4n) is 2.13. The predicted octanol–water partition coefficient (Wildman–Crippen LogP) is 4.85. The van der Waals surface area contributed by atoms with Crippen molar-refractivity contribution in [3.63, 3.8) is 0 Å². The summed E-state index contributed by atoms with van der Waals surface area (Å²) in [4.78, 5) is 0. The number of benzene rings is 2. The second kappa shape index (κ2) is 5.81. The largest absolute Gasteiger partial charge is 0.486 e. The van der Waals surface area contributed by atoms with Crippen LogP contribution in [0.15, 0.2) is 40.9 Å². The van der Waals surface area contributed by atoms with Gasteiger partial charge in [-0.15, -0.1) is 11.6 Å². The van der Waals surface area contributed by atoms with Crippen molar-refractivity contribution in [3.8, 4) is 11.5 Å². The minimum atomic E-state index is -0.860. The van der Waals surface area contributed by atoms with Crippen molar-refractivity contribution >= 4 is 27.5 Å². The Labute approximate surface area is 133 Å². The fourth-order valence-corrected chi connectivity index (χ4v) is 2.74. The standard InChI is InChI=1S/C15H10BrClF2O2/c16-9-6-10(18)8(5-11(9)19)15(17)14-7-20-12-3-1-2-4-13(12)21-14/h1-6,14-15H,7H2. The van der Waals surface area contributed by atoms with E-state index in [0.29, 0.717) is 11.5 Å². The van der Waals surface area contributed by atoms with Crippen LogP contribution in [0.4, 0.5) is 8.78 Å². The van der Waals surface area contributed by atoms with Gasteiger partial charge in [-0.05, 0) is 40.2 Å². The molecule has 3 rings (SSSR count). The zero-order valence-corrected chi connectivity index (χ0v) is 13.0. The predicted molar refractivity (Wildman–Crippen MR) is 79.0 cm³/mol. The van der Waals surface area contributed by atoms with Gasteiger partial charge < -0.3 is 9.47 Å². The topological polar surface area (TPSA) is 18.5 Å². The lowest BCUT2D eigenvalue weighted by atomic mass is 10.1. The first-order valence-corrected chi connectivity index (χ1v) is 7.46. The number of fused-ring (bicyclic) bond motifs is 1. The SMILES string of the molecule is Fc1cc(C(Cl)C2COc3ccccc3O2)c(F)cc1Br. The van der Waals surface area contributed by atoms with E-state index in [2.05, 4.69) is 15.9 Å². The Bertz CT molecular complexity index is 681. The molecule has 0 aliphatic carbocycles. The van der Waals surface area contributed by atoms with Gasteiger partial charge in [-0.2, -0.15) is 0 Å². The van der Waals surface area contributed by atoms with Gasteiger partial charge >= 0.3 is 0 Å². The number of rotatable bonds is 2. The van der Waals surface area contributed by atoms with Gasteiger partial charge in [-0.1, -0.05) is 12.1 Å². The molecule has 2 atom stereocenters. The van der Waals surface area contributed by atoms with Gasteiger partial charge in [0.2, 0.25) is 0 Å². The van der Waals surface area contributed by atoms with Crippen molar-refractivity contribution in [2.75, 3.05) is 6.61 Å². The smallest absolute Gasteiger partial charge is 0.161 e. The summed E-state index contributed by atoms with van der Waals surface area (Å²) in [5.41, 5.74) is 0.0466.